The zero-order valence-corrected chi connectivity index (χ0v) is 6.86. The Balaban J connectivity index is 2.93. The quantitative estimate of drug-likeness (QED) is 0.658. The number of thiophene rings is 1. The summed E-state index contributed by atoms with van der Waals surface area (Å²) in [5.74, 6) is -0.536. The van der Waals surface area contributed by atoms with Crippen molar-refractivity contribution in [2.24, 2.45) is 0 Å². The van der Waals surface area contributed by atoms with Gasteiger partial charge in [0.25, 0.3) is 0 Å². The van der Waals surface area contributed by atoms with Crippen molar-refractivity contribution in [3.05, 3.63) is 23.3 Å². The Labute approximate surface area is 72.1 Å². The number of nitrogens with two attached hydrogens (primary N) is 1. The van der Waals surface area contributed by atoms with Crippen LogP contribution in [0.15, 0.2) is 17.5 Å². The van der Waals surface area contributed by atoms with Crippen LogP contribution in [0.5, 0.6) is 5.75 Å². The summed E-state index contributed by atoms with van der Waals surface area (Å²) in [7, 11) is 0. The highest BCUT2D eigenvalue weighted by Crippen LogP contribution is 2.35. The standard InChI is InChI=1S/C8H6FNOS/c9-4-1-6(11)8-5(10)3-12-7(8)2-4/h1-3,11H,10H2. The van der Waals surface area contributed by atoms with Crippen molar-refractivity contribution < 1.29 is 9.50 Å². The lowest BCUT2D eigenvalue weighted by atomic mass is 10.2. The zero-order valence-electron chi connectivity index (χ0n) is 6.04. The largest absolute Gasteiger partial charge is 0.507 e. The van der Waals surface area contributed by atoms with Gasteiger partial charge in [-0.15, -0.1) is 11.3 Å². The van der Waals surface area contributed by atoms with Gasteiger partial charge in [0, 0.05) is 16.1 Å². The number of halogens is 1. The number of hydrogen-bond acceptors (Lipinski definition) is 3. The molecule has 0 aliphatic carbocycles. The maximum atomic E-state index is 12.7. The number of benzene rings is 1. The molecule has 2 aromatic rings. The van der Waals surface area contributed by atoms with Crippen molar-refractivity contribution in [2.75, 3.05) is 5.73 Å². The van der Waals surface area contributed by atoms with Gasteiger partial charge in [0.05, 0.1) is 11.1 Å². The van der Waals surface area contributed by atoms with Crippen LogP contribution in [0.1, 0.15) is 0 Å². The van der Waals surface area contributed by atoms with Crippen molar-refractivity contribution >= 4 is 27.1 Å². The number of hydrogen-bond donors (Lipinski definition) is 2. The molecule has 0 spiro atoms. The molecule has 1 aromatic carbocycles. The number of phenolic OH excluding ortho intramolecular Hbond substituents is 1. The molecular weight excluding hydrogens is 177 g/mol. The highest BCUT2D eigenvalue weighted by atomic mass is 32.1. The summed E-state index contributed by atoms with van der Waals surface area (Å²) in [6, 6.07) is 2.42. The fraction of sp³-hybridized carbons (Fsp3) is 0. The fourth-order valence-corrected chi connectivity index (χ4v) is 2.03. The summed E-state index contributed by atoms with van der Waals surface area (Å²) in [6.07, 6.45) is 0. The highest BCUT2D eigenvalue weighted by molar-refractivity contribution is 7.17. The lowest BCUT2D eigenvalue weighted by Crippen LogP contribution is -1.81. The highest BCUT2D eigenvalue weighted by Gasteiger charge is 2.07. The third-order valence-electron chi connectivity index (χ3n) is 1.65. The van der Waals surface area contributed by atoms with Crippen molar-refractivity contribution in [1.82, 2.24) is 0 Å². The molecule has 0 aliphatic rings. The van der Waals surface area contributed by atoms with Gasteiger partial charge in [-0.1, -0.05) is 0 Å². The van der Waals surface area contributed by atoms with Crippen molar-refractivity contribution in [1.29, 1.82) is 0 Å². The minimum Gasteiger partial charge on any atom is -0.507 e. The number of rotatable bonds is 0. The van der Waals surface area contributed by atoms with Crippen LogP contribution in [0, 0.1) is 5.82 Å². The number of nitrogen functional groups attached to an aromatic ring is 1. The second-order valence-corrected chi connectivity index (χ2v) is 3.40. The van der Waals surface area contributed by atoms with E-state index < -0.39 is 5.82 Å². The zero-order chi connectivity index (χ0) is 8.72. The Hall–Kier alpha value is -1.29. The first-order chi connectivity index (χ1) is 5.68. The molecule has 0 saturated heterocycles. The average Bonchev–Trinajstić information content (AvgIpc) is 2.31. The maximum Gasteiger partial charge on any atom is 0.129 e. The molecule has 0 unspecified atom stereocenters. The van der Waals surface area contributed by atoms with Crippen molar-refractivity contribution in [2.45, 2.75) is 0 Å². The lowest BCUT2D eigenvalue weighted by molar-refractivity contribution is 0.476. The summed E-state index contributed by atoms with van der Waals surface area (Å²) in [4.78, 5) is 0. The van der Waals surface area contributed by atoms with E-state index in [1.54, 1.807) is 5.38 Å². The fourth-order valence-electron chi connectivity index (χ4n) is 1.14. The van der Waals surface area contributed by atoms with Gasteiger partial charge in [0.15, 0.2) is 0 Å². The number of aromatic hydroxyl groups is 1. The van der Waals surface area contributed by atoms with Crippen LogP contribution in [0.2, 0.25) is 0 Å². The topological polar surface area (TPSA) is 46.2 Å². The van der Waals surface area contributed by atoms with Crippen molar-refractivity contribution in [3.63, 3.8) is 0 Å². The SMILES string of the molecule is Nc1csc2cc(F)cc(O)c12. The normalized spacial score (nSPS) is 10.8. The molecule has 0 fully saturated rings. The van der Waals surface area contributed by atoms with Crippen LogP contribution in [0.3, 0.4) is 0 Å². The molecule has 0 saturated carbocycles. The molecule has 12 heavy (non-hydrogen) atoms. The number of phenols is 1. The minimum atomic E-state index is -0.443. The van der Waals surface area contributed by atoms with E-state index in [2.05, 4.69) is 0 Å². The Morgan fingerprint density at radius 1 is 1.42 bits per heavy atom. The predicted molar refractivity (Wildman–Crippen MR) is 47.9 cm³/mol. The van der Waals surface area contributed by atoms with Gasteiger partial charge >= 0.3 is 0 Å². The van der Waals surface area contributed by atoms with E-state index in [4.69, 9.17) is 5.73 Å². The van der Waals surface area contributed by atoms with Crippen LogP contribution in [-0.4, -0.2) is 5.11 Å². The Bertz CT molecular complexity index is 438. The van der Waals surface area contributed by atoms with E-state index in [-0.39, 0.29) is 5.75 Å². The van der Waals surface area contributed by atoms with Crippen LogP contribution < -0.4 is 5.73 Å². The van der Waals surface area contributed by atoms with E-state index in [0.29, 0.717) is 15.8 Å². The molecule has 0 atom stereocenters. The Morgan fingerprint density at radius 3 is 2.92 bits per heavy atom. The van der Waals surface area contributed by atoms with Crippen LogP contribution in [0.25, 0.3) is 10.1 Å². The minimum absolute atomic E-state index is 0.0937. The predicted octanol–water partition coefficient (Wildman–Crippen LogP) is 2.33. The van der Waals surface area contributed by atoms with Crippen molar-refractivity contribution in [3.8, 4) is 5.75 Å². The molecule has 62 valence electrons. The van der Waals surface area contributed by atoms with Gasteiger partial charge in [0.2, 0.25) is 0 Å². The van der Waals surface area contributed by atoms with E-state index in [1.807, 2.05) is 0 Å². The molecular formula is C8H6FNOS. The van der Waals surface area contributed by atoms with Gasteiger partial charge in [-0.3, -0.25) is 0 Å². The number of anilines is 1. The second-order valence-electron chi connectivity index (χ2n) is 2.49. The van der Waals surface area contributed by atoms with Gasteiger partial charge in [-0.05, 0) is 6.07 Å². The summed E-state index contributed by atoms with van der Waals surface area (Å²) < 4.78 is 13.4. The second kappa shape index (κ2) is 2.35. The monoisotopic (exact) mass is 183 g/mol. The first kappa shape index (κ1) is 7.36. The summed E-state index contributed by atoms with van der Waals surface area (Å²) in [6.45, 7) is 0. The van der Waals surface area contributed by atoms with Gasteiger partial charge in [-0.25, -0.2) is 4.39 Å². The molecule has 4 heteroatoms. The molecule has 0 aliphatic heterocycles. The molecule has 2 nitrogen and oxygen atoms in total. The lowest BCUT2D eigenvalue weighted by Gasteiger charge is -1.96. The average molecular weight is 183 g/mol. The van der Waals surface area contributed by atoms with E-state index >= 15 is 0 Å². The van der Waals surface area contributed by atoms with Gasteiger partial charge in [0.1, 0.15) is 11.6 Å². The molecule has 1 heterocycles. The summed E-state index contributed by atoms with van der Waals surface area (Å²) in [5.41, 5.74) is 6.05. The third-order valence-corrected chi connectivity index (χ3v) is 2.60. The molecule has 3 N–H and O–H groups in total. The summed E-state index contributed by atoms with van der Waals surface area (Å²) in [5, 5.41) is 11.5. The Kier molecular flexibility index (Phi) is 1.44. The van der Waals surface area contributed by atoms with Gasteiger partial charge in [-0.2, -0.15) is 0 Å². The molecule has 2 rings (SSSR count). The van der Waals surface area contributed by atoms with Gasteiger partial charge < -0.3 is 10.8 Å². The van der Waals surface area contributed by atoms with E-state index in [9.17, 15) is 9.50 Å². The Morgan fingerprint density at radius 2 is 2.17 bits per heavy atom. The summed E-state index contributed by atoms with van der Waals surface area (Å²) >= 11 is 1.32. The molecule has 0 amide bonds. The van der Waals surface area contributed by atoms with Crippen LogP contribution in [0.4, 0.5) is 10.1 Å². The maximum absolute atomic E-state index is 12.7. The molecule has 0 bridgehead atoms. The van der Waals surface area contributed by atoms with E-state index in [1.165, 1.54) is 17.4 Å². The van der Waals surface area contributed by atoms with Crippen LogP contribution >= 0.6 is 11.3 Å². The van der Waals surface area contributed by atoms with Crippen LogP contribution in [-0.2, 0) is 0 Å². The van der Waals surface area contributed by atoms with E-state index in [0.717, 1.165) is 6.07 Å². The molecule has 0 radical (unpaired) electrons. The third kappa shape index (κ3) is 0.921. The molecule has 1 aromatic heterocycles. The number of fused-ring (bicyclic) bond motifs is 1. The first-order valence-corrected chi connectivity index (χ1v) is 4.21. The first-order valence-electron chi connectivity index (χ1n) is 3.33. The smallest absolute Gasteiger partial charge is 0.129 e.